The van der Waals surface area contributed by atoms with Gasteiger partial charge in [0.2, 0.25) is 0 Å². The summed E-state index contributed by atoms with van der Waals surface area (Å²) in [5.74, 6) is 0.961. The molecule has 0 heterocycles. The molecular weight excluding hydrogens is 196 g/mol. The minimum absolute atomic E-state index is 0.786. The zero-order valence-electron chi connectivity index (χ0n) is 9.49. The zero-order chi connectivity index (χ0) is 11.2. The van der Waals surface area contributed by atoms with Gasteiger partial charge in [0.05, 0.1) is 6.61 Å². The monoisotopic (exact) mass is 213 g/mol. The molecule has 1 nitrogen and oxygen atoms in total. The molecule has 2 rings (SSSR count). The molecule has 0 saturated heterocycles. The highest BCUT2D eigenvalue weighted by Gasteiger charge is 1.96. The molecule has 16 heavy (non-hydrogen) atoms. The highest BCUT2D eigenvalue weighted by atomic mass is 16.5. The van der Waals surface area contributed by atoms with Crippen molar-refractivity contribution in [3.05, 3.63) is 49.4 Å². The number of ether oxygens (including phenoxy) is 1. The van der Waals surface area contributed by atoms with Crippen LogP contribution in [0.1, 0.15) is 19.3 Å². The maximum Gasteiger partial charge on any atom is 0.119 e. The molecule has 0 spiro atoms. The molecule has 0 aromatic heterocycles. The Kier molecular flexibility index (Phi) is 3.81. The smallest absolute Gasteiger partial charge is 0.119 e. The van der Waals surface area contributed by atoms with Crippen molar-refractivity contribution in [1.29, 1.82) is 0 Å². The molecule has 0 amide bonds. The van der Waals surface area contributed by atoms with E-state index in [9.17, 15) is 0 Å². The molecular formula is C15H17O. The van der Waals surface area contributed by atoms with Crippen molar-refractivity contribution in [1.82, 2.24) is 0 Å². The van der Waals surface area contributed by atoms with Gasteiger partial charge in [-0.25, -0.2) is 0 Å². The van der Waals surface area contributed by atoms with E-state index in [1.807, 2.05) is 6.07 Å². The number of hydrogen-bond donors (Lipinski definition) is 0. The Bertz CT molecular complexity index is 448. The van der Waals surface area contributed by atoms with Gasteiger partial charge in [-0.05, 0) is 29.3 Å². The van der Waals surface area contributed by atoms with Gasteiger partial charge in [0.25, 0.3) is 0 Å². The fourth-order valence-electron chi connectivity index (χ4n) is 1.73. The second kappa shape index (κ2) is 5.55. The SMILES string of the molecule is [CH2]CCCCOc1ccc2ccccc2c1. The van der Waals surface area contributed by atoms with Gasteiger partial charge >= 0.3 is 0 Å². The molecule has 0 fully saturated rings. The number of benzene rings is 2. The second-order valence-corrected chi connectivity index (χ2v) is 3.92. The van der Waals surface area contributed by atoms with Crippen LogP contribution in [-0.4, -0.2) is 6.61 Å². The number of rotatable bonds is 5. The van der Waals surface area contributed by atoms with Crippen molar-refractivity contribution in [2.45, 2.75) is 19.3 Å². The fraction of sp³-hybridized carbons (Fsp3) is 0.267. The van der Waals surface area contributed by atoms with E-state index >= 15 is 0 Å². The van der Waals surface area contributed by atoms with Gasteiger partial charge in [-0.3, -0.25) is 0 Å². The van der Waals surface area contributed by atoms with Crippen LogP contribution < -0.4 is 4.74 Å². The summed E-state index contributed by atoms with van der Waals surface area (Å²) in [5, 5.41) is 2.49. The van der Waals surface area contributed by atoms with Gasteiger partial charge in [0, 0.05) is 0 Å². The highest BCUT2D eigenvalue weighted by molar-refractivity contribution is 5.83. The average Bonchev–Trinajstić information content (AvgIpc) is 2.34. The van der Waals surface area contributed by atoms with Crippen LogP contribution in [0.4, 0.5) is 0 Å². The normalized spacial score (nSPS) is 10.6. The first-order chi connectivity index (χ1) is 7.90. The minimum atomic E-state index is 0.786. The molecule has 0 unspecified atom stereocenters. The van der Waals surface area contributed by atoms with E-state index in [2.05, 4.69) is 43.3 Å². The van der Waals surface area contributed by atoms with Crippen molar-refractivity contribution >= 4 is 10.8 Å². The number of fused-ring (bicyclic) bond motifs is 1. The summed E-state index contributed by atoms with van der Waals surface area (Å²) in [5.41, 5.74) is 0. The summed E-state index contributed by atoms with van der Waals surface area (Å²) >= 11 is 0. The van der Waals surface area contributed by atoms with E-state index in [0.29, 0.717) is 0 Å². The van der Waals surface area contributed by atoms with Crippen LogP contribution in [0.3, 0.4) is 0 Å². The van der Waals surface area contributed by atoms with Gasteiger partial charge in [0.1, 0.15) is 5.75 Å². The molecule has 0 aliphatic heterocycles. The lowest BCUT2D eigenvalue weighted by molar-refractivity contribution is 0.307. The minimum Gasteiger partial charge on any atom is -0.494 e. The lowest BCUT2D eigenvalue weighted by Crippen LogP contribution is -1.96. The predicted octanol–water partition coefficient (Wildman–Crippen LogP) is 4.22. The molecule has 83 valence electrons. The van der Waals surface area contributed by atoms with Crippen molar-refractivity contribution in [2.24, 2.45) is 0 Å². The third-order valence-corrected chi connectivity index (χ3v) is 2.63. The van der Waals surface area contributed by atoms with Gasteiger partial charge in [-0.2, -0.15) is 0 Å². The summed E-state index contributed by atoms with van der Waals surface area (Å²) in [4.78, 5) is 0. The topological polar surface area (TPSA) is 9.23 Å². The average molecular weight is 213 g/mol. The summed E-state index contributed by atoms with van der Waals surface area (Å²) in [6.45, 7) is 4.60. The predicted molar refractivity (Wildman–Crippen MR) is 68.7 cm³/mol. The van der Waals surface area contributed by atoms with Gasteiger partial charge < -0.3 is 4.74 Å². The van der Waals surface area contributed by atoms with Gasteiger partial charge in [-0.1, -0.05) is 50.1 Å². The van der Waals surface area contributed by atoms with Gasteiger partial charge in [0.15, 0.2) is 0 Å². The van der Waals surface area contributed by atoms with Crippen molar-refractivity contribution in [2.75, 3.05) is 6.61 Å². The first-order valence-corrected chi connectivity index (χ1v) is 5.81. The fourth-order valence-corrected chi connectivity index (χ4v) is 1.73. The molecule has 2 aromatic carbocycles. The maximum absolute atomic E-state index is 5.69. The molecule has 0 N–H and O–H groups in total. The molecule has 1 radical (unpaired) electrons. The Morgan fingerprint density at radius 1 is 0.938 bits per heavy atom. The summed E-state index contributed by atoms with van der Waals surface area (Å²) in [7, 11) is 0. The van der Waals surface area contributed by atoms with Crippen LogP contribution in [-0.2, 0) is 0 Å². The highest BCUT2D eigenvalue weighted by Crippen LogP contribution is 2.20. The standard InChI is InChI=1S/C15H17O/c1-2-3-6-11-16-15-10-9-13-7-4-5-8-14(13)12-15/h4-5,7-10,12H,1-3,6,11H2. The number of hydrogen-bond acceptors (Lipinski definition) is 1. The molecule has 0 aliphatic carbocycles. The van der Waals surface area contributed by atoms with E-state index in [4.69, 9.17) is 4.74 Å². The van der Waals surface area contributed by atoms with Crippen molar-refractivity contribution < 1.29 is 4.74 Å². The first-order valence-electron chi connectivity index (χ1n) is 5.81. The van der Waals surface area contributed by atoms with Crippen molar-refractivity contribution in [3.8, 4) is 5.75 Å². The summed E-state index contributed by atoms with van der Waals surface area (Å²) in [6, 6.07) is 14.6. The first kappa shape index (κ1) is 11.0. The Labute approximate surface area is 97.1 Å². The third-order valence-electron chi connectivity index (χ3n) is 2.63. The molecule has 0 bridgehead atoms. The van der Waals surface area contributed by atoms with Crippen LogP contribution >= 0.6 is 0 Å². The van der Waals surface area contributed by atoms with E-state index in [0.717, 1.165) is 31.6 Å². The molecule has 2 aromatic rings. The van der Waals surface area contributed by atoms with E-state index in [-0.39, 0.29) is 0 Å². The zero-order valence-corrected chi connectivity index (χ0v) is 9.49. The van der Waals surface area contributed by atoms with E-state index in [1.54, 1.807) is 0 Å². The lowest BCUT2D eigenvalue weighted by atomic mass is 10.1. The van der Waals surface area contributed by atoms with Crippen LogP contribution in [0.5, 0.6) is 5.75 Å². The quantitative estimate of drug-likeness (QED) is 0.675. The molecule has 0 saturated carbocycles. The van der Waals surface area contributed by atoms with E-state index in [1.165, 1.54) is 10.8 Å². The van der Waals surface area contributed by atoms with E-state index < -0.39 is 0 Å². The molecule has 1 heteroatoms. The Morgan fingerprint density at radius 3 is 2.56 bits per heavy atom. The largest absolute Gasteiger partial charge is 0.494 e. The Morgan fingerprint density at radius 2 is 1.75 bits per heavy atom. The molecule has 0 atom stereocenters. The Balaban J connectivity index is 2.02. The summed E-state index contributed by atoms with van der Waals surface area (Å²) in [6.07, 6.45) is 3.20. The van der Waals surface area contributed by atoms with Gasteiger partial charge in [-0.15, -0.1) is 0 Å². The molecule has 0 aliphatic rings. The van der Waals surface area contributed by atoms with Crippen molar-refractivity contribution in [3.63, 3.8) is 0 Å². The van der Waals surface area contributed by atoms with Crippen LogP contribution in [0, 0.1) is 6.92 Å². The Hall–Kier alpha value is -1.50. The summed E-state index contributed by atoms with van der Waals surface area (Å²) < 4.78 is 5.69. The lowest BCUT2D eigenvalue weighted by Gasteiger charge is -2.06. The van der Waals surface area contributed by atoms with Crippen LogP contribution in [0.2, 0.25) is 0 Å². The number of unbranched alkanes of at least 4 members (excludes halogenated alkanes) is 2. The van der Waals surface area contributed by atoms with Crippen LogP contribution in [0.25, 0.3) is 10.8 Å². The maximum atomic E-state index is 5.69. The van der Waals surface area contributed by atoms with Crippen LogP contribution in [0.15, 0.2) is 42.5 Å². The third kappa shape index (κ3) is 2.75. The second-order valence-electron chi connectivity index (χ2n) is 3.92.